The van der Waals surface area contributed by atoms with Gasteiger partial charge in [-0.05, 0) is 54.8 Å². The Bertz CT molecular complexity index is 798. The highest BCUT2D eigenvalue weighted by Crippen LogP contribution is 2.31. The van der Waals surface area contributed by atoms with Gasteiger partial charge in [-0.3, -0.25) is 4.79 Å². The van der Waals surface area contributed by atoms with Gasteiger partial charge in [-0.15, -0.1) is 12.4 Å². The van der Waals surface area contributed by atoms with E-state index in [1.54, 1.807) is 24.3 Å². The first-order chi connectivity index (χ1) is 13.3. The van der Waals surface area contributed by atoms with Crippen LogP contribution < -0.4 is 15.8 Å². The fourth-order valence-corrected chi connectivity index (χ4v) is 2.90. The summed E-state index contributed by atoms with van der Waals surface area (Å²) in [6.45, 7) is 0.747. The highest BCUT2D eigenvalue weighted by molar-refractivity contribution is 5.85. The van der Waals surface area contributed by atoms with Crippen LogP contribution in [0.1, 0.15) is 24.0 Å². The zero-order chi connectivity index (χ0) is 20.1. The SMILES string of the molecule is Cl.NC[C@H]1CC[C@@H](C(=O)NCc2ccc(Oc3ccc(C(F)(F)F)cc3)cc2)O1. The number of ether oxygens (including phenoxy) is 2. The molecule has 0 saturated carbocycles. The van der Waals surface area contributed by atoms with Crippen molar-refractivity contribution in [2.75, 3.05) is 6.54 Å². The molecule has 1 aliphatic rings. The number of rotatable bonds is 6. The Balaban J connectivity index is 0.00000300. The van der Waals surface area contributed by atoms with Crippen LogP contribution in [0.15, 0.2) is 48.5 Å². The Morgan fingerprint density at radius 1 is 1.07 bits per heavy atom. The van der Waals surface area contributed by atoms with Crippen LogP contribution in [0.25, 0.3) is 0 Å². The smallest absolute Gasteiger partial charge is 0.416 e. The summed E-state index contributed by atoms with van der Waals surface area (Å²) < 4.78 is 48.8. The molecule has 29 heavy (non-hydrogen) atoms. The molecule has 1 fully saturated rings. The lowest BCUT2D eigenvalue weighted by molar-refractivity contribution is -0.137. The standard InChI is InChI=1S/C20H21F3N2O3.ClH/c21-20(22,23)14-3-7-16(8-4-14)27-15-5-1-13(2-6-15)12-25-19(26)18-10-9-17(11-24)28-18;/h1-8,17-18H,9-12,24H2,(H,25,26);1H/t17-,18+;/m1./s1. The summed E-state index contributed by atoms with van der Waals surface area (Å²) in [6.07, 6.45) is -3.45. The molecule has 1 aliphatic heterocycles. The predicted molar refractivity (Wildman–Crippen MR) is 104 cm³/mol. The van der Waals surface area contributed by atoms with Crippen LogP contribution in [-0.4, -0.2) is 24.7 Å². The van der Waals surface area contributed by atoms with E-state index in [1.807, 2.05) is 0 Å². The number of alkyl halides is 3. The van der Waals surface area contributed by atoms with Gasteiger partial charge in [0.1, 0.15) is 17.6 Å². The van der Waals surface area contributed by atoms with E-state index < -0.39 is 17.8 Å². The van der Waals surface area contributed by atoms with E-state index in [1.165, 1.54) is 12.1 Å². The van der Waals surface area contributed by atoms with Crippen molar-refractivity contribution in [1.29, 1.82) is 0 Å². The molecule has 2 atom stereocenters. The lowest BCUT2D eigenvalue weighted by atomic mass is 10.1. The maximum absolute atomic E-state index is 12.6. The Morgan fingerprint density at radius 3 is 2.17 bits per heavy atom. The molecule has 0 bridgehead atoms. The molecule has 5 nitrogen and oxygen atoms in total. The first-order valence-electron chi connectivity index (χ1n) is 8.92. The zero-order valence-electron chi connectivity index (χ0n) is 15.4. The molecule has 0 radical (unpaired) electrons. The van der Waals surface area contributed by atoms with Crippen LogP contribution in [0.5, 0.6) is 11.5 Å². The van der Waals surface area contributed by atoms with Gasteiger partial charge in [-0.2, -0.15) is 13.2 Å². The third-order valence-electron chi connectivity index (χ3n) is 4.47. The van der Waals surface area contributed by atoms with Crippen molar-refractivity contribution in [3.63, 3.8) is 0 Å². The second-order valence-corrected chi connectivity index (χ2v) is 6.55. The van der Waals surface area contributed by atoms with Crippen molar-refractivity contribution in [2.24, 2.45) is 5.73 Å². The van der Waals surface area contributed by atoms with Gasteiger partial charge in [0.2, 0.25) is 5.91 Å². The summed E-state index contributed by atoms with van der Waals surface area (Å²) >= 11 is 0. The summed E-state index contributed by atoms with van der Waals surface area (Å²) in [5.41, 5.74) is 5.67. The topological polar surface area (TPSA) is 73.6 Å². The molecule has 0 aromatic heterocycles. The first-order valence-corrected chi connectivity index (χ1v) is 8.92. The maximum atomic E-state index is 12.6. The van der Waals surface area contributed by atoms with E-state index in [-0.39, 0.29) is 24.4 Å². The second kappa shape index (κ2) is 9.96. The maximum Gasteiger partial charge on any atom is 0.416 e. The van der Waals surface area contributed by atoms with Crippen LogP contribution in [-0.2, 0) is 22.3 Å². The van der Waals surface area contributed by atoms with Gasteiger partial charge in [-0.1, -0.05) is 12.1 Å². The molecule has 1 heterocycles. The van der Waals surface area contributed by atoms with E-state index in [9.17, 15) is 18.0 Å². The van der Waals surface area contributed by atoms with Crippen LogP contribution in [0.3, 0.4) is 0 Å². The summed E-state index contributed by atoms with van der Waals surface area (Å²) in [4.78, 5) is 12.1. The van der Waals surface area contributed by atoms with Crippen LogP contribution in [0, 0.1) is 0 Å². The third-order valence-corrected chi connectivity index (χ3v) is 4.47. The van der Waals surface area contributed by atoms with E-state index in [2.05, 4.69) is 5.32 Å². The number of nitrogens with one attached hydrogen (secondary N) is 1. The fourth-order valence-electron chi connectivity index (χ4n) is 2.90. The van der Waals surface area contributed by atoms with Gasteiger partial charge in [0, 0.05) is 13.1 Å². The molecule has 2 aromatic carbocycles. The van der Waals surface area contributed by atoms with E-state index in [0.717, 1.165) is 24.1 Å². The van der Waals surface area contributed by atoms with E-state index >= 15 is 0 Å². The molecule has 1 saturated heterocycles. The van der Waals surface area contributed by atoms with Crippen LogP contribution in [0.4, 0.5) is 13.2 Å². The number of amides is 1. The molecule has 3 N–H and O–H groups in total. The van der Waals surface area contributed by atoms with Crippen molar-refractivity contribution in [3.8, 4) is 11.5 Å². The zero-order valence-corrected chi connectivity index (χ0v) is 16.3. The quantitative estimate of drug-likeness (QED) is 0.725. The van der Waals surface area contributed by atoms with E-state index in [0.29, 0.717) is 31.0 Å². The molecule has 1 amide bonds. The summed E-state index contributed by atoms with van der Waals surface area (Å²) in [7, 11) is 0. The highest BCUT2D eigenvalue weighted by Gasteiger charge is 2.30. The average Bonchev–Trinajstić information content (AvgIpc) is 3.16. The van der Waals surface area contributed by atoms with Crippen LogP contribution >= 0.6 is 12.4 Å². The number of benzene rings is 2. The van der Waals surface area contributed by atoms with Crippen LogP contribution in [0.2, 0.25) is 0 Å². The summed E-state index contributed by atoms with van der Waals surface area (Å²) in [5.74, 6) is 0.627. The minimum atomic E-state index is -4.38. The predicted octanol–water partition coefficient (Wildman–Crippen LogP) is 4.04. The highest BCUT2D eigenvalue weighted by atomic mass is 35.5. The summed E-state index contributed by atoms with van der Waals surface area (Å²) in [6, 6.07) is 11.4. The van der Waals surface area contributed by atoms with Crippen molar-refractivity contribution in [3.05, 3.63) is 59.7 Å². The monoisotopic (exact) mass is 430 g/mol. The molecule has 2 aromatic rings. The Morgan fingerprint density at radius 2 is 1.66 bits per heavy atom. The van der Waals surface area contributed by atoms with E-state index in [4.69, 9.17) is 15.2 Å². The minimum Gasteiger partial charge on any atom is -0.457 e. The van der Waals surface area contributed by atoms with Gasteiger partial charge in [-0.25, -0.2) is 0 Å². The molecule has 0 unspecified atom stereocenters. The number of nitrogens with two attached hydrogens (primary N) is 1. The lowest BCUT2D eigenvalue weighted by Gasteiger charge is -2.13. The molecule has 3 rings (SSSR count). The Hall–Kier alpha value is -2.29. The molecular formula is C20H22ClF3N2O3. The van der Waals surface area contributed by atoms with Gasteiger partial charge in [0.15, 0.2) is 0 Å². The van der Waals surface area contributed by atoms with Crippen molar-refractivity contribution < 1.29 is 27.4 Å². The average molecular weight is 431 g/mol. The molecule has 158 valence electrons. The molecular weight excluding hydrogens is 409 g/mol. The summed E-state index contributed by atoms with van der Waals surface area (Å²) in [5, 5.41) is 2.82. The first kappa shape index (κ1) is 23.0. The van der Waals surface area contributed by atoms with Crippen molar-refractivity contribution in [2.45, 2.75) is 37.8 Å². The number of carbonyl (C=O) groups excluding carboxylic acids is 1. The largest absolute Gasteiger partial charge is 0.457 e. The number of carbonyl (C=O) groups is 1. The van der Waals surface area contributed by atoms with Gasteiger partial charge < -0.3 is 20.5 Å². The van der Waals surface area contributed by atoms with Crippen molar-refractivity contribution in [1.82, 2.24) is 5.32 Å². The molecule has 9 heteroatoms. The van der Waals surface area contributed by atoms with Gasteiger partial charge >= 0.3 is 6.18 Å². The fraction of sp³-hybridized carbons (Fsp3) is 0.350. The van der Waals surface area contributed by atoms with Crippen molar-refractivity contribution >= 4 is 18.3 Å². The van der Waals surface area contributed by atoms with Gasteiger partial charge in [0.05, 0.1) is 11.7 Å². The normalized spacial score (nSPS) is 18.8. The number of hydrogen-bond donors (Lipinski definition) is 2. The lowest BCUT2D eigenvalue weighted by Crippen LogP contribution is -2.35. The Kier molecular flexibility index (Phi) is 7.89. The third kappa shape index (κ3) is 6.35. The second-order valence-electron chi connectivity index (χ2n) is 6.55. The Labute approximate surface area is 172 Å². The molecule has 0 spiro atoms. The number of halogens is 4. The van der Waals surface area contributed by atoms with Gasteiger partial charge in [0.25, 0.3) is 0 Å². The molecule has 0 aliphatic carbocycles. The number of hydrogen-bond acceptors (Lipinski definition) is 4. The minimum absolute atomic E-state index is 0.